The van der Waals surface area contributed by atoms with Gasteiger partial charge in [-0.15, -0.1) is 0 Å². The Kier molecular flexibility index (Phi) is 6.45. The van der Waals surface area contributed by atoms with Gasteiger partial charge in [-0.25, -0.2) is 14.6 Å². The molecule has 0 aromatic carbocycles. The number of rotatable bonds is 7. The fraction of sp³-hybridized carbons (Fsp3) is 0.462. The van der Waals surface area contributed by atoms with Gasteiger partial charge in [0.05, 0.1) is 11.9 Å². The number of urea groups is 1. The van der Waals surface area contributed by atoms with Crippen LogP contribution in [-0.2, 0) is 0 Å². The number of unbranched alkanes of at least 4 members (excludes halogenated alkanes) is 1. The van der Waals surface area contributed by atoms with Gasteiger partial charge < -0.3 is 20.6 Å². The Hall–Kier alpha value is -2.15. The Morgan fingerprint density at radius 1 is 1.30 bits per heavy atom. The van der Waals surface area contributed by atoms with Crippen LogP contribution in [-0.4, -0.2) is 54.2 Å². The number of carboxylic acids is 1. The van der Waals surface area contributed by atoms with E-state index in [2.05, 4.69) is 20.5 Å². The molecule has 0 aliphatic rings. The zero-order valence-corrected chi connectivity index (χ0v) is 11.7. The van der Waals surface area contributed by atoms with Crippen LogP contribution in [0, 0.1) is 0 Å². The molecule has 1 aromatic rings. The number of nitrogens with one attached hydrogen (secondary N) is 2. The Balaban J connectivity index is 2.26. The summed E-state index contributed by atoms with van der Waals surface area (Å²) in [4.78, 5) is 28.0. The van der Waals surface area contributed by atoms with Gasteiger partial charge >= 0.3 is 12.0 Å². The van der Waals surface area contributed by atoms with Gasteiger partial charge in [0.2, 0.25) is 0 Å². The number of nitrogens with zero attached hydrogens (tertiary/aromatic N) is 2. The third-order valence-electron chi connectivity index (χ3n) is 2.56. The molecule has 0 saturated carbocycles. The van der Waals surface area contributed by atoms with Crippen molar-refractivity contribution in [2.24, 2.45) is 0 Å². The number of carboxylic acid groups (broad SMARTS) is 1. The lowest BCUT2D eigenvalue weighted by Gasteiger charge is -2.10. The largest absolute Gasteiger partial charge is 0.477 e. The second-order valence-electron chi connectivity index (χ2n) is 4.63. The summed E-state index contributed by atoms with van der Waals surface area (Å²) >= 11 is 0. The minimum Gasteiger partial charge on any atom is -0.477 e. The molecule has 20 heavy (non-hydrogen) atoms. The number of anilines is 1. The molecule has 0 spiro atoms. The lowest BCUT2D eigenvalue weighted by Crippen LogP contribution is -2.30. The fourth-order valence-electron chi connectivity index (χ4n) is 1.52. The average Bonchev–Trinajstić information content (AvgIpc) is 2.38. The summed E-state index contributed by atoms with van der Waals surface area (Å²) in [5.41, 5.74) is 0.403. The Bertz CT molecular complexity index is 445. The molecular formula is C13H20N4O3. The molecular weight excluding hydrogens is 260 g/mol. The van der Waals surface area contributed by atoms with Gasteiger partial charge in [0.25, 0.3) is 0 Å². The molecule has 110 valence electrons. The van der Waals surface area contributed by atoms with Crippen molar-refractivity contribution >= 4 is 17.7 Å². The first kappa shape index (κ1) is 15.9. The summed E-state index contributed by atoms with van der Waals surface area (Å²) in [6, 6.07) is 2.52. The van der Waals surface area contributed by atoms with Crippen LogP contribution in [0.4, 0.5) is 10.5 Å². The first-order valence-electron chi connectivity index (χ1n) is 6.38. The van der Waals surface area contributed by atoms with Crippen molar-refractivity contribution in [1.29, 1.82) is 0 Å². The van der Waals surface area contributed by atoms with E-state index >= 15 is 0 Å². The molecule has 0 radical (unpaired) electrons. The lowest BCUT2D eigenvalue weighted by atomic mass is 10.3. The zero-order valence-electron chi connectivity index (χ0n) is 11.7. The van der Waals surface area contributed by atoms with E-state index in [0.29, 0.717) is 12.2 Å². The van der Waals surface area contributed by atoms with Crippen LogP contribution in [0.25, 0.3) is 0 Å². The van der Waals surface area contributed by atoms with Crippen LogP contribution >= 0.6 is 0 Å². The van der Waals surface area contributed by atoms with Crippen LogP contribution in [0.2, 0.25) is 0 Å². The Morgan fingerprint density at radius 3 is 2.60 bits per heavy atom. The second-order valence-corrected chi connectivity index (χ2v) is 4.63. The van der Waals surface area contributed by atoms with Crippen LogP contribution in [0.5, 0.6) is 0 Å². The molecule has 0 saturated heterocycles. The molecule has 7 nitrogen and oxygen atoms in total. The molecule has 0 atom stereocenters. The number of carbonyl (C=O) groups is 2. The average molecular weight is 280 g/mol. The van der Waals surface area contributed by atoms with Crippen molar-refractivity contribution in [3.63, 3.8) is 0 Å². The maximum atomic E-state index is 11.6. The minimum absolute atomic E-state index is 0.0559. The Labute approximate surface area is 118 Å². The third-order valence-corrected chi connectivity index (χ3v) is 2.56. The second kappa shape index (κ2) is 8.11. The van der Waals surface area contributed by atoms with Gasteiger partial charge in [-0.2, -0.15) is 0 Å². The molecule has 0 fully saturated rings. The third kappa shape index (κ3) is 6.14. The Morgan fingerprint density at radius 2 is 2.05 bits per heavy atom. The van der Waals surface area contributed by atoms with Gasteiger partial charge in [-0.3, -0.25) is 0 Å². The highest BCUT2D eigenvalue weighted by Gasteiger charge is 2.05. The number of carbonyl (C=O) groups excluding carboxylic acids is 1. The van der Waals surface area contributed by atoms with E-state index in [1.165, 1.54) is 18.3 Å². The summed E-state index contributed by atoms with van der Waals surface area (Å²) in [6.45, 7) is 1.59. The lowest BCUT2D eigenvalue weighted by molar-refractivity contribution is 0.0690. The van der Waals surface area contributed by atoms with E-state index in [1.807, 2.05) is 14.1 Å². The fourth-order valence-corrected chi connectivity index (χ4v) is 1.52. The highest BCUT2D eigenvalue weighted by atomic mass is 16.4. The zero-order chi connectivity index (χ0) is 15.0. The highest BCUT2D eigenvalue weighted by molar-refractivity contribution is 5.90. The summed E-state index contributed by atoms with van der Waals surface area (Å²) in [7, 11) is 4.02. The molecule has 0 unspecified atom stereocenters. The number of aromatic carboxylic acids is 1. The van der Waals surface area contributed by atoms with Crippen molar-refractivity contribution in [3.05, 3.63) is 24.0 Å². The smallest absolute Gasteiger partial charge is 0.354 e. The molecule has 1 heterocycles. The first-order chi connectivity index (χ1) is 9.49. The van der Waals surface area contributed by atoms with E-state index in [4.69, 9.17) is 5.11 Å². The molecule has 0 bridgehead atoms. The molecule has 2 amide bonds. The van der Waals surface area contributed by atoms with E-state index in [0.717, 1.165) is 19.4 Å². The van der Waals surface area contributed by atoms with Gasteiger partial charge in [0.1, 0.15) is 5.69 Å². The van der Waals surface area contributed by atoms with E-state index in [-0.39, 0.29) is 11.7 Å². The predicted molar refractivity (Wildman–Crippen MR) is 76.0 cm³/mol. The van der Waals surface area contributed by atoms with E-state index in [9.17, 15) is 9.59 Å². The van der Waals surface area contributed by atoms with Crippen molar-refractivity contribution in [1.82, 2.24) is 15.2 Å². The van der Waals surface area contributed by atoms with Crippen molar-refractivity contribution in [3.8, 4) is 0 Å². The molecule has 0 aliphatic carbocycles. The van der Waals surface area contributed by atoms with Crippen LogP contribution in [0.1, 0.15) is 23.3 Å². The topological polar surface area (TPSA) is 94.6 Å². The monoisotopic (exact) mass is 280 g/mol. The maximum absolute atomic E-state index is 11.6. The van der Waals surface area contributed by atoms with Gasteiger partial charge in [-0.1, -0.05) is 0 Å². The molecule has 7 heteroatoms. The predicted octanol–water partition coefficient (Wildman–Crippen LogP) is 1.24. The van der Waals surface area contributed by atoms with E-state index < -0.39 is 5.97 Å². The summed E-state index contributed by atoms with van der Waals surface area (Å²) in [5.74, 6) is -1.10. The van der Waals surface area contributed by atoms with E-state index in [1.54, 1.807) is 0 Å². The number of amides is 2. The summed E-state index contributed by atoms with van der Waals surface area (Å²) in [5, 5.41) is 14.0. The first-order valence-corrected chi connectivity index (χ1v) is 6.38. The molecule has 1 aromatic heterocycles. The minimum atomic E-state index is -1.10. The normalized spacial score (nSPS) is 10.3. The number of hydrogen-bond acceptors (Lipinski definition) is 4. The van der Waals surface area contributed by atoms with Gasteiger partial charge in [0, 0.05) is 6.54 Å². The van der Waals surface area contributed by atoms with Gasteiger partial charge in [-0.05, 0) is 45.6 Å². The summed E-state index contributed by atoms with van der Waals surface area (Å²) < 4.78 is 0. The number of hydrogen-bond donors (Lipinski definition) is 3. The molecule has 0 aliphatic heterocycles. The summed E-state index contributed by atoms with van der Waals surface area (Å²) in [6.07, 6.45) is 3.24. The number of aromatic nitrogens is 1. The van der Waals surface area contributed by atoms with Crippen LogP contribution in [0.3, 0.4) is 0 Å². The molecule has 3 N–H and O–H groups in total. The standard InChI is InChI=1S/C13H20N4O3/c1-17(2)8-4-3-7-14-13(20)16-10-5-6-11(12(18)19)15-9-10/h5-6,9H,3-4,7-8H2,1-2H3,(H,18,19)(H2,14,16,20). The van der Waals surface area contributed by atoms with Crippen LogP contribution in [0.15, 0.2) is 18.3 Å². The highest BCUT2D eigenvalue weighted by Crippen LogP contribution is 2.05. The maximum Gasteiger partial charge on any atom is 0.354 e. The quantitative estimate of drug-likeness (QED) is 0.653. The molecule has 1 rings (SSSR count). The SMILES string of the molecule is CN(C)CCCCNC(=O)Nc1ccc(C(=O)O)nc1. The van der Waals surface area contributed by atoms with Crippen molar-refractivity contribution < 1.29 is 14.7 Å². The number of pyridine rings is 1. The van der Waals surface area contributed by atoms with Crippen molar-refractivity contribution in [2.75, 3.05) is 32.5 Å². The van der Waals surface area contributed by atoms with Gasteiger partial charge in [0.15, 0.2) is 0 Å². The van der Waals surface area contributed by atoms with Crippen molar-refractivity contribution in [2.45, 2.75) is 12.8 Å². The van der Waals surface area contributed by atoms with Crippen LogP contribution < -0.4 is 10.6 Å².